The predicted octanol–water partition coefficient (Wildman–Crippen LogP) is 4.48. The van der Waals surface area contributed by atoms with Crippen molar-refractivity contribution in [3.8, 4) is 0 Å². The number of rotatable bonds is 4. The van der Waals surface area contributed by atoms with Crippen LogP contribution in [0, 0.1) is 46.3 Å². The third kappa shape index (κ3) is 3.14. The largest absolute Gasteiger partial charge is 0.481 e. The first-order valence-electron chi connectivity index (χ1n) is 11.7. The monoisotopic (exact) mass is 392 g/mol. The molecule has 4 heteroatoms. The molecule has 4 aliphatic rings. The first-order valence-corrected chi connectivity index (χ1v) is 11.7. The molecular formula is C24H40O4. The van der Waals surface area contributed by atoms with Crippen LogP contribution in [0.2, 0.25) is 0 Å². The van der Waals surface area contributed by atoms with Crippen LogP contribution in [0.4, 0.5) is 0 Å². The van der Waals surface area contributed by atoms with Crippen LogP contribution >= 0.6 is 0 Å². The van der Waals surface area contributed by atoms with Gasteiger partial charge in [0.2, 0.25) is 0 Å². The van der Waals surface area contributed by atoms with Gasteiger partial charge in [0, 0.05) is 6.42 Å². The second-order valence-corrected chi connectivity index (χ2v) is 11.4. The molecule has 160 valence electrons. The van der Waals surface area contributed by atoms with Crippen LogP contribution in [0.1, 0.15) is 85.0 Å². The topological polar surface area (TPSA) is 77.8 Å². The Morgan fingerprint density at radius 2 is 1.68 bits per heavy atom. The fourth-order valence-electron chi connectivity index (χ4n) is 8.73. The molecule has 3 N–H and O–H groups in total. The number of aliphatic hydroxyl groups excluding tert-OH is 2. The van der Waals surface area contributed by atoms with Gasteiger partial charge in [-0.3, -0.25) is 4.79 Å². The molecule has 0 bridgehead atoms. The Labute approximate surface area is 170 Å². The van der Waals surface area contributed by atoms with Gasteiger partial charge in [0.1, 0.15) is 0 Å². The summed E-state index contributed by atoms with van der Waals surface area (Å²) in [6.45, 7) is 7.16. The van der Waals surface area contributed by atoms with E-state index in [1.165, 1.54) is 25.7 Å². The van der Waals surface area contributed by atoms with Crippen molar-refractivity contribution in [1.82, 2.24) is 0 Å². The van der Waals surface area contributed by atoms with E-state index in [0.717, 1.165) is 32.1 Å². The van der Waals surface area contributed by atoms with Crippen LogP contribution in [-0.4, -0.2) is 33.5 Å². The Bertz CT molecular complexity index is 605. The van der Waals surface area contributed by atoms with E-state index in [2.05, 4.69) is 20.8 Å². The zero-order chi connectivity index (χ0) is 20.3. The lowest BCUT2D eigenvalue weighted by Crippen LogP contribution is -2.58. The molecule has 28 heavy (non-hydrogen) atoms. The SMILES string of the molecule is C[C@H](CCC(=O)O)[C@H]1CCC2[C@@H]3C(O)C[C@@H]4CC(O)CC[C@]4(C)C3CC[C@@]21C. The standard InChI is InChI=1S/C24H40O4/c1-14(4-7-21(27)28)17-5-6-18-22-19(9-11-24(17,18)3)23(2)10-8-16(25)12-15(23)13-20(22)26/h14-20,22,25-26H,4-13H2,1-3H3,(H,27,28)/t14-,15+,16?,17-,18?,19?,20?,22+,23+,24-/m1/s1. The molecule has 4 unspecified atom stereocenters. The summed E-state index contributed by atoms with van der Waals surface area (Å²) in [6.07, 6.45) is 9.19. The third-order valence-electron chi connectivity index (χ3n) is 10.2. The van der Waals surface area contributed by atoms with Crippen molar-refractivity contribution >= 4 is 5.97 Å². The Kier molecular flexibility index (Phi) is 5.36. The van der Waals surface area contributed by atoms with Gasteiger partial charge in [-0.1, -0.05) is 20.8 Å². The Morgan fingerprint density at radius 3 is 2.39 bits per heavy atom. The first-order chi connectivity index (χ1) is 13.2. The summed E-state index contributed by atoms with van der Waals surface area (Å²) in [6, 6.07) is 0. The predicted molar refractivity (Wildman–Crippen MR) is 109 cm³/mol. The van der Waals surface area contributed by atoms with Gasteiger partial charge in [-0.05, 0) is 104 Å². The quantitative estimate of drug-likeness (QED) is 0.659. The molecule has 0 aliphatic heterocycles. The fraction of sp³-hybridized carbons (Fsp3) is 0.958. The molecule has 10 atom stereocenters. The van der Waals surface area contributed by atoms with Crippen LogP contribution in [-0.2, 0) is 4.79 Å². The van der Waals surface area contributed by atoms with E-state index in [9.17, 15) is 15.0 Å². The van der Waals surface area contributed by atoms with E-state index < -0.39 is 5.97 Å². The molecule has 4 rings (SSSR count). The van der Waals surface area contributed by atoms with Crippen LogP contribution in [0.15, 0.2) is 0 Å². The summed E-state index contributed by atoms with van der Waals surface area (Å²) < 4.78 is 0. The van der Waals surface area contributed by atoms with E-state index in [-0.39, 0.29) is 29.5 Å². The minimum absolute atomic E-state index is 0.179. The minimum atomic E-state index is -0.684. The maximum absolute atomic E-state index is 11.2. The summed E-state index contributed by atoms with van der Waals surface area (Å²) in [7, 11) is 0. The number of carboxylic acids is 1. The molecule has 0 amide bonds. The van der Waals surface area contributed by atoms with Gasteiger partial charge < -0.3 is 15.3 Å². The van der Waals surface area contributed by atoms with E-state index in [1.54, 1.807) is 0 Å². The molecule has 4 saturated carbocycles. The van der Waals surface area contributed by atoms with Crippen molar-refractivity contribution in [3.63, 3.8) is 0 Å². The van der Waals surface area contributed by atoms with E-state index in [0.29, 0.717) is 35.5 Å². The molecule has 0 saturated heterocycles. The van der Waals surface area contributed by atoms with Crippen LogP contribution in [0.3, 0.4) is 0 Å². The van der Waals surface area contributed by atoms with E-state index in [1.807, 2.05) is 0 Å². The number of hydrogen-bond donors (Lipinski definition) is 3. The van der Waals surface area contributed by atoms with Gasteiger partial charge in [-0.15, -0.1) is 0 Å². The maximum atomic E-state index is 11.2. The second-order valence-electron chi connectivity index (χ2n) is 11.4. The molecule has 0 radical (unpaired) electrons. The molecular weight excluding hydrogens is 352 g/mol. The highest BCUT2D eigenvalue weighted by Crippen LogP contribution is 2.68. The first kappa shape index (κ1) is 20.7. The van der Waals surface area contributed by atoms with Crippen molar-refractivity contribution in [1.29, 1.82) is 0 Å². The minimum Gasteiger partial charge on any atom is -0.481 e. The highest BCUT2D eigenvalue weighted by molar-refractivity contribution is 5.66. The van der Waals surface area contributed by atoms with E-state index in [4.69, 9.17) is 5.11 Å². The normalized spacial score (nSPS) is 51.7. The number of carboxylic acid groups (broad SMARTS) is 1. The molecule has 4 aliphatic carbocycles. The zero-order valence-electron chi connectivity index (χ0n) is 17.9. The van der Waals surface area contributed by atoms with Gasteiger partial charge >= 0.3 is 5.97 Å². The summed E-state index contributed by atoms with van der Waals surface area (Å²) in [5.74, 6) is 2.36. The molecule has 0 aromatic heterocycles. The van der Waals surface area contributed by atoms with Crippen LogP contribution in [0.5, 0.6) is 0 Å². The lowest BCUT2D eigenvalue weighted by Gasteiger charge is -2.62. The summed E-state index contributed by atoms with van der Waals surface area (Å²) >= 11 is 0. The average Bonchev–Trinajstić information content (AvgIpc) is 2.98. The highest BCUT2D eigenvalue weighted by Gasteiger charge is 2.62. The number of aliphatic hydroxyl groups is 2. The molecule has 0 aromatic carbocycles. The number of aliphatic carboxylic acids is 1. The van der Waals surface area contributed by atoms with Gasteiger partial charge in [0.25, 0.3) is 0 Å². The Hall–Kier alpha value is -0.610. The summed E-state index contributed by atoms with van der Waals surface area (Å²) in [5, 5.41) is 30.5. The van der Waals surface area contributed by atoms with Crippen molar-refractivity contribution < 1.29 is 20.1 Å². The maximum Gasteiger partial charge on any atom is 0.303 e. The number of fused-ring (bicyclic) bond motifs is 5. The highest BCUT2D eigenvalue weighted by atomic mass is 16.4. The van der Waals surface area contributed by atoms with Gasteiger partial charge in [0.15, 0.2) is 0 Å². The molecule has 4 nitrogen and oxygen atoms in total. The van der Waals surface area contributed by atoms with Gasteiger partial charge in [-0.2, -0.15) is 0 Å². The lowest BCUT2D eigenvalue weighted by atomic mass is 9.43. The molecule has 0 spiro atoms. The van der Waals surface area contributed by atoms with Gasteiger partial charge in [0.05, 0.1) is 12.2 Å². The number of hydrogen-bond acceptors (Lipinski definition) is 3. The smallest absolute Gasteiger partial charge is 0.303 e. The van der Waals surface area contributed by atoms with Crippen molar-refractivity contribution in [3.05, 3.63) is 0 Å². The second kappa shape index (κ2) is 7.27. The molecule has 0 aromatic rings. The summed E-state index contributed by atoms with van der Waals surface area (Å²) in [5.41, 5.74) is 0.523. The molecule has 4 fully saturated rings. The van der Waals surface area contributed by atoms with Crippen molar-refractivity contribution in [2.24, 2.45) is 46.3 Å². The summed E-state index contributed by atoms with van der Waals surface area (Å²) in [4.78, 5) is 11.1. The van der Waals surface area contributed by atoms with Crippen LogP contribution < -0.4 is 0 Å². The average molecular weight is 393 g/mol. The van der Waals surface area contributed by atoms with Gasteiger partial charge in [-0.25, -0.2) is 0 Å². The number of carbonyl (C=O) groups is 1. The lowest BCUT2D eigenvalue weighted by molar-refractivity contribution is -0.174. The van der Waals surface area contributed by atoms with E-state index >= 15 is 0 Å². The van der Waals surface area contributed by atoms with Crippen molar-refractivity contribution in [2.45, 2.75) is 97.2 Å². The molecule has 0 heterocycles. The zero-order valence-corrected chi connectivity index (χ0v) is 17.9. The van der Waals surface area contributed by atoms with Crippen molar-refractivity contribution in [2.75, 3.05) is 0 Å². The van der Waals surface area contributed by atoms with Crippen LogP contribution in [0.25, 0.3) is 0 Å². The Morgan fingerprint density at radius 1 is 1.00 bits per heavy atom. The Balaban J connectivity index is 1.55. The fourth-order valence-corrected chi connectivity index (χ4v) is 8.73. The third-order valence-corrected chi connectivity index (χ3v) is 10.2.